The fourth-order valence-corrected chi connectivity index (χ4v) is 4.17. The van der Waals surface area contributed by atoms with Crippen molar-refractivity contribution in [3.63, 3.8) is 0 Å². The molecule has 0 aliphatic carbocycles. The van der Waals surface area contributed by atoms with Crippen LogP contribution in [0.4, 0.5) is 10.5 Å². The first-order valence-corrected chi connectivity index (χ1v) is 12.1. The van der Waals surface area contributed by atoms with Crippen molar-refractivity contribution in [2.24, 2.45) is 0 Å². The van der Waals surface area contributed by atoms with Gasteiger partial charge in [-0.3, -0.25) is 14.9 Å². The molecule has 3 aromatic carbocycles. The summed E-state index contributed by atoms with van der Waals surface area (Å²) in [5, 5.41) is 2.24. The van der Waals surface area contributed by atoms with Crippen molar-refractivity contribution in [2.45, 2.75) is 13.5 Å². The molecule has 3 aromatic rings. The van der Waals surface area contributed by atoms with Gasteiger partial charge in [0.2, 0.25) is 0 Å². The predicted octanol–water partition coefficient (Wildman–Crippen LogP) is 5.77. The number of benzene rings is 3. The lowest BCUT2D eigenvalue weighted by Crippen LogP contribution is -2.54. The predicted molar refractivity (Wildman–Crippen MR) is 139 cm³/mol. The lowest BCUT2D eigenvalue weighted by Gasteiger charge is -2.27. The van der Waals surface area contributed by atoms with Crippen LogP contribution in [0.15, 0.2) is 75.2 Å². The summed E-state index contributed by atoms with van der Waals surface area (Å²) in [6.45, 7) is 2.18. The van der Waals surface area contributed by atoms with Gasteiger partial charge in [-0.15, -0.1) is 0 Å². The van der Waals surface area contributed by atoms with Crippen molar-refractivity contribution >= 4 is 61.5 Å². The fraction of sp³-hybridized carbons (Fsp3) is 0.115. The lowest BCUT2D eigenvalue weighted by atomic mass is 10.1. The number of carbonyl (C=O) groups is 3. The second-order valence-corrected chi connectivity index (χ2v) is 9.40. The molecule has 178 valence electrons. The van der Waals surface area contributed by atoms with Crippen LogP contribution in [0.2, 0.25) is 0 Å². The quantitative estimate of drug-likeness (QED) is 0.287. The maximum absolute atomic E-state index is 13.2. The van der Waals surface area contributed by atoms with Crippen molar-refractivity contribution in [1.29, 1.82) is 0 Å². The lowest BCUT2D eigenvalue weighted by molar-refractivity contribution is -0.122. The molecule has 1 aliphatic rings. The Labute approximate surface area is 219 Å². The van der Waals surface area contributed by atoms with Crippen LogP contribution in [0.5, 0.6) is 11.5 Å². The van der Waals surface area contributed by atoms with Crippen LogP contribution in [0.3, 0.4) is 0 Å². The van der Waals surface area contributed by atoms with Gasteiger partial charge in [0, 0.05) is 8.95 Å². The monoisotopic (exact) mass is 598 g/mol. The van der Waals surface area contributed by atoms with Gasteiger partial charge in [-0.2, -0.15) is 0 Å². The van der Waals surface area contributed by atoms with Gasteiger partial charge >= 0.3 is 6.03 Å². The summed E-state index contributed by atoms with van der Waals surface area (Å²) in [7, 11) is 1.50. The van der Waals surface area contributed by atoms with Crippen LogP contribution in [-0.4, -0.2) is 25.0 Å². The minimum Gasteiger partial charge on any atom is -0.493 e. The highest BCUT2D eigenvalue weighted by molar-refractivity contribution is 9.10. The van der Waals surface area contributed by atoms with Gasteiger partial charge < -0.3 is 9.47 Å². The van der Waals surface area contributed by atoms with E-state index in [4.69, 9.17) is 9.47 Å². The van der Waals surface area contributed by atoms with E-state index in [1.54, 1.807) is 30.3 Å². The Morgan fingerprint density at radius 1 is 0.943 bits per heavy atom. The van der Waals surface area contributed by atoms with E-state index in [1.165, 1.54) is 13.2 Å². The van der Waals surface area contributed by atoms with E-state index < -0.39 is 17.8 Å². The van der Waals surface area contributed by atoms with E-state index in [0.717, 1.165) is 20.5 Å². The number of nitrogens with zero attached hydrogens (tertiary/aromatic N) is 1. The number of rotatable bonds is 6. The Balaban J connectivity index is 1.66. The summed E-state index contributed by atoms with van der Waals surface area (Å²) in [5.41, 5.74) is 2.51. The summed E-state index contributed by atoms with van der Waals surface area (Å²) in [5.74, 6) is -0.584. The van der Waals surface area contributed by atoms with Crippen LogP contribution in [0.25, 0.3) is 6.08 Å². The van der Waals surface area contributed by atoms with E-state index in [1.807, 2.05) is 37.3 Å². The summed E-state index contributed by atoms with van der Waals surface area (Å²) < 4.78 is 12.8. The number of carbonyl (C=O) groups excluding carboxylic acids is 3. The second-order valence-electron chi connectivity index (χ2n) is 7.69. The Morgan fingerprint density at radius 2 is 1.69 bits per heavy atom. The Hall–Kier alpha value is -3.43. The van der Waals surface area contributed by atoms with Gasteiger partial charge in [0.15, 0.2) is 11.5 Å². The summed E-state index contributed by atoms with van der Waals surface area (Å²) in [6, 6.07) is 17.3. The number of methoxy groups -OCH3 is 1. The Morgan fingerprint density at radius 3 is 2.37 bits per heavy atom. The smallest absolute Gasteiger partial charge is 0.335 e. The van der Waals surface area contributed by atoms with E-state index >= 15 is 0 Å². The number of amides is 4. The van der Waals surface area contributed by atoms with Crippen molar-refractivity contribution in [3.8, 4) is 11.5 Å². The Bertz CT molecular complexity index is 1360. The van der Waals surface area contributed by atoms with Crippen LogP contribution in [0, 0.1) is 6.92 Å². The normalized spacial score (nSPS) is 14.8. The molecule has 1 aliphatic heterocycles. The minimum absolute atomic E-state index is 0.189. The van der Waals surface area contributed by atoms with Crippen LogP contribution in [0.1, 0.15) is 16.7 Å². The molecule has 4 rings (SSSR count). The second kappa shape index (κ2) is 10.5. The maximum Gasteiger partial charge on any atom is 0.335 e. The minimum atomic E-state index is -0.805. The van der Waals surface area contributed by atoms with Crippen molar-refractivity contribution < 1.29 is 23.9 Å². The first-order valence-electron chi connectivity index (χ1n) is 10.5. The van der Waals surface area contributed by atoms with Gasteiger partial charge in [-0.25, -0.2) is 9.69 Å². The molecule has 0 atom stereocenters. The number of urea groups is 1. The molecule has 1 fully saturated rings. The molecular formula is C26H20Br2N2O5. The highest BCUT2D eigenvalue weighted by atomic mass is 79.9. The zero-order valence-corrected chi connectivity index (χ0v) is 22.0. The van der Waals surface area contributed by atoms with E-state index in [2.05, 4.69) is 37.2 Å². The van der Waals surface area contributed by atoms with Crippen LogP contribution < -0.4 is 19.7 Å². The number of barbiturate groups is 1. The summed E-state index contributed by atoms with van der Waals surface area (Å²) in [6.07, 6.45) is 1.41. The standard InChI is InChI=1S/C26H20Br2N2O5/c1-15-10-18(8-9-20(15)27)30-25(32)19(24(31)29-26(30)33)11-17-12-22(34-2)23(13-21(17)28)35-14-16-6-4-3-5-7-16/h3-13H,14H2,1-2H3,(H,29,31,33)/b19-11+. The highest BCUT2D eigenvalue weighted by Crippen LogP contribution is 2.36. The highest BCUT2D eigenvalue weighted by Gasteiger charge is 2.37. The molecule has 0 saturated carbocycles. The molecule has 1 N–H and O–H groups in total. The number of anilines is 1. The molecule has 0 bridgehead atoms. The molecule has 4 amide bonds. The first-order chi connectivity index (χ1) is 16.8. The largest absolute Gasteiger partial charge is 0.493 e. The van der Waals surface area contributed by atoms with Crippen LogP contribution >= 0.6 is 31.9 Å². The van der Waals surface area contributed by atoms with Crippen molar-refractivity contribution in [3.05, 3.63) is 91.9 Å². The third kappa shape index (κ3) is 5.31. The van der Waals surface area contributed by atoms with Gasteiger partial charge in [0.05, 0.1) is 12.8 Å². The average Bonchev–Trinajstić information content (AvgIpc) is 2.84. The molecule has 9 heteroatoms. The molecule has 0 radical (unpaired) electrons. The molecule has 0 aromatic heterocycles. The molecule has 1 heterocycles. The number of ether oxygens (including phenoxy) is 2. The number of aryl methyl sites for hydroxylation is 1. The number of imide groups is 2. The topological polar surface area (TPSA) is 84.9 Å². The molecule has 7 nitrogen and oxygen atoms in total. The molecular weight excluding hydrogens is 580 g/mol. The van der Waals surface area contributed by atoms with E-state index in [-0.39, 0.29) is 5.57 Å². The van der Waals surface area contributed by atoms with Gasteiger partial charge in [-0.1, -0.05) is 62.2 Å². The van der Waals surface area contributed by atoms with Crippen molar-refractivity contribution in [2.75, 3.05) is 12.0 Å². The van der Waals surface area contributed by atoms with E-state index in [0.29, 0.717) is 33.8 Å². The van der Waals surface area contributed by atoms with Crippen molar-refractivity contribution in [1.82, 2.24) is 5.32 Å². The number of hydrogen-bond donors (Lipinski definition) is 1. The van der Waals surface area contributed by atoms with Gasteiger partial charge in [0.1, 0.15) is 12.2 Å². The number of nitrogens with one attached hydrogen (secondary N) is 1. The summed E-state index contributed by atoms with van der Waals surface area (Å²) in [4.78, 5) is 39.3. The van der Waals surface area contributed by atoms with Gasteiger partial charge in [0.25, 0.3) is 11.8 Å². The summed E-state index contributed by atoms with van der Waals surface area (Å²) >= 11 is 6.89. The zero-order valence-electron chi connectivity index (χ0n) is 18.8. The maximum atomic E-state index is 13.2. The molecule has 1 saturated heterocycles. The third-order valence-corrected chi connectivity index (χ3v) is 6.90. The van der Waals surface area contributed by atoms with E-state index in [9.17, 15) is 14.4 Å². The number of halogens is 2. The first kappa shape index (κ1) is 24.7. The molecule has 35 heavy (non-hydrogen) atoms. The third-order valence-electron chi connectivity index (χ3n) is 5.32. The van der Waals surface area contributed by atoms with Gasteiger partial charge in [-0.05, 0) is 60.0 Å². The molecule has 0 spiro atoms. The fourth-order valence-electron chi connectivity index (χ4n) is 3.48. The average molecular weight is 600 g/mol. The zero-order chi connectivity index (χ0) is 25.1. The van der Waals surface area contributed by atoms with Crippen LogP contribution in [-0.2, 0) is 16.2 Å². The SMILES string of the molecule is COc1cc(/C=C2\C(=O)NC(=O)N(c3ccc(Br)c(C)c3)C2=O)c(Br)cc1OCc1ccccc1. The molecule has 0 unspecified atom stereocenters. The Kier molecular flexibility index (Phi) is 7.37. The number of hydrogen-bond acceptors (Lipinski definition) is 5.